The molecule has 0 atom stereocenters. The maximum Gasteiger partial charge on any atom is 0.145 e. The van der Waals surface area contributed by atoms with Crippen LogP contribution in [0.2, 0.25) is 5.15 Å². The van der Waals surface area contributed by atoms with Crippen LogP contribution in [0.15, 0.2) is 28.9 Å². The summed E-state index contributed by atoms with van der Waals surface area (Å²) in [7, 11) is 0. The van der Waals surface area contributed by atoms with E-state index in [1.165, 1.54) is 0 Å². The molecule has 0 unspecified atom stereocenters. The lowest BCUT2D eigenvalue weighted by molar-refractivity contribution is 0.957. The minimum absolute atomic E-state index is 0.604. The van der Waals surface area contributed by atoms with Crippen molar-refractivity contribution in [3.63, 3.8) is 0 Å². The molecule has 11 heavy (non-hydrogen) atoms. The number of fused-ring (bicyclic) bond motifs is 1. The molecule has 0 fully saturated rings. The van der Waals surface area contributed by atoms with Crippen molar-refractivity contribution in [2.24, 2.45) is 0 Å². The lowest BCUT2D eigenvalue weighted by atomic mass is 10.4. The molecule has 56 valence electrons. The van der Waals surface area contributed by atoms with E-state index in [0.717, 1.165) is 9.99 Å². The normalized spacial score (nSPS) is 10.7. The van der Waals surface area contributed by atoms with Crippen molar-refractivity contribution in [2.75, 3.05) is 0 Å². The van der Waals surface area contributed by atoms with Crippen LogP contribution in [0.1, 0.15) is 0 Å². The van der Waals surface area contributed by atoms with Gasteiger partial charge in [0.25, 0.3) is 0 Å². The summed E-state index contributed by atoms with van der Waals surface area (Å²) < 4.78 is 2.53. The van der Waals surface area contributed by atoms with Crippen LogP contribution in [0.5, 0.6) is 0 Å². The number of hydrogen-bond acceptors (Lipinski definition) is 1. The largest absolute Gasteiger partial charge is 0.221 e. The highest BCUT2D eigenvalue weighted by molar-refractivity contribution is 9.10. The van der Waals surface area contributed by atoms with Crippen molar-refractivity contribution in [1.29, 1.82) is 0 Å². The van der Waals surface area contributed by atoms with E-state index in [-0.39, 0.29) is 0 Å². The van der Waals surface area contributed by atoms with E-state index in [9.17, 15) is 0 Å². The number of hydrogen-bond donors (Lipinski definition) is 0. The highest BCUT2D eigenvalue weighted by Crippen LogP contribution is 2.22. The molecule has 2 nitrogen and oxygen atoms in total. The Balaban J connectivity index is 2.93. The van der Waals surface area contributed by atoms with Crippen molar-refractivity contribution in [1.82, 2.24) is 9.61 Å². The molecule has 0 radical (unpaired) electrons. The maximum absolute atomic E-state index is 5.92. The minimum atomic E-state index is 0.604. The third-order valence-corrected chi connectivity index (χ3v) is 2.69. The summed E-state index contributed by atoms with van der Waals surface area (Å²) in [5, 5.41) is 4.64. The van der Waals surface area contributed by atoms with Gasteiger partial charge < -0.3 is 0 Å². The number of aromatic nitrogens is 2. The average molecular weight is 231 g/mol. The first-order valence-corrected chi connectivity index (χ1v) is 4.24. The van der Waals surface area contributed by atoms with Gasteiger partial charge in [-0.15, -0.1) is 0 Å². The van der Waals surface area contributed by atoms with Gasteiger partial charge in [0.2, 0.25) is 0 Å². The molecule has 0 N–H and O–H groups in total. The first-order valence-electron chi connectivity index (χ1n) is 3.07. The summed E-state index contributed by atoms with van der Waals surface area (Å²) in [6.45, 7) is 0. The average Bonchev–Trinajstić information content (AvgIpc) is 2.45. The molecular weight excluding hydrogens is 227 g/mol. The van der Waals surface area contributed by atoms with Crippen LogP contribution in [0.4, 0.5) is 0 Å². The van der Waals surface area contributed by atoms with Crippen molar-refractivity contribution >= 4 is 33.0 Å². The zero-order valence-electron chi connectivity index (χ0n) is 5.46. The monoisotopic (exact) mass is 230 g/mol. The standard InChI is InChI=1S/C7H4BrClN2/c8-6-2-1-5-3-4-10-11(5)7(6)9/h1-4H. The van der Waals surface area contributed by atoms with Crippen LogP contribution in [0.3, 0.4) is 0 Å². The van der Waals surface area contributed by atoms with Crippen LogP contribution < -0.4 is 0 Å². The van der Waals surface area contributed by atoms with Gasteiger partial charge in [-0.2, -0.15) is 5.10 Å². The first-order chi connectivity index (χ1) is 5.29. The smallest absolute Gasteiger partial charge is 0.145 e. The van der Waals surface area contributed by atoms with Gasteiger partial charge in [-0.05, 0) is 34.1 Å². The molecule has 0 saturated carbocycles. The van der Waals surface area contributed by atoms with Gasteiger partial charge in [-0.25, -0.2) is 4.52 Å². The second-order valence-electron chi connectivity index (χ2n) is 2.14. The van der Waals surface area contributed by atoms with Gasteiger partial charge in [-0.1, -0.05) is 11.6 Å². The van der Waals surface area contributed by atoms with E-state index < -0.39 is 0 Å². The molecule has 0 aliphatic rings. The molecule has 0 aromatic carbocycles. The van der Waals surface area contributed by atoms with Gasteiger partial charge in [0.1, 0.15) is 5.15 Å². The molecule has 0 bridgehead atoms. The lowest BCUT2D eigenvalue weighted by Crippen LogP contribution is -1.88. The highest BCUT2D eigenvalue weighted by atomic mass is 79.9. The fourth-order valence-electron chi connectivity index (χ4n) is 0.932. The topological polar surface area (TPSA) is 17.3 Å². The lowest BCUT2D eigenvalue weighted by Gasteiger charge is -1.97. The van der Waals surface area contributed by atoms with Crippen LogP contribution >= 0.6 is 27.5 Å². The number of nitrogens with zero attached hydrogens (tertiary/aromatic N) is 2. The Hall–Kier alpha value is -0.540. The van der Waals surface area contributed by atoms with Crippen molar-refractivity contribution in [2.45, 2.75) is 0 Å². The molecule has 2 rings (SSSR count). The Morgan fingerprint density at radius 3 is 3.00 bits per heavy atom. The van der Waals surface area contributed by atoms with Crippen LogP contribution in [-0.4, -0.2) is 9.61 Å². The molecule has 0 aliphatic carbocycles. The summed E-state index contributed by atoms with van der Waals surface area (Å²) in [5.74, 6) is 0. The van der Waals surface area contributed by atoms with E-state index >= 15 is 0 Å². The molecule has 0 saturated heterocycles. The second-order valence-corrected chi connectivity index (χ2v) is 3.35. The second kappa shape index (κ2) is 2.50. The molecule has 0 spiro atoms. The van der Waals surface area contributed by atoms with E-state index in [0.29, 0.717) is 5.15 Å². The van der Waals surface area contributed by atoms with Gasteiger partial charge in [0.05, 0.1) is 16.2 Å². The van der Waals surface area contributed by atoms with E-state index in [2.05, 4.69) is 21.0 Å². The van der Waals surface area contributed by atoms with Crippen LogP contribution in [0.25, 0.3) is 5.52 Å². The Morgan fingerprint density at radius 2 is 2.18 bits per heavy atom. The van der Waals surface area contributed by atoms with Crippen LogP contribution in [0, 0.1) is 0 Å². The fraction of sp³-hybridized carbons (Fsp3) is 0. The zero-order valence-corrected chi connectivity index (χ0v) is 7.80. The van der Waals surface area contributed by atoms with Crippen LogP contribution in [-0.2, 0) is 0 Å². The molecule has 0 amide bonds. The third kappa shape index (κ3) is 1.04. The van der Waals surface area contributed by atoms with Crippen molar-refractivity contribution in [3.8, 4) is 0 Å². The minimum Gasteiger partial charge on any atom is -0.221 e. The number of pyridine rings is 1. The molecular formula is C7H4BrClN2. The molecule has 4 heteroatoms. The SMILES string of the molecule is Clc1c(Br)ccc2ccnn12. The predicted octanol–water partition coefficient (Wildman–Crippen LogP) is 2.75. The van der Waals surface area contributed by atoms with Gasteiger partial charge in [0.15, 0.2) is 0 Å². The highest BCUT2D eigenvalue weighted by Gasteiger charge is 2.01. The van der Waals surface area contributed by atoms with E-state index in [4.69, 9.17) is 11.6 Å². The summed E-state index contributed by atoms with van der Waals surface area (Å²) in [6.07, 6.45) is 1.72. The van der Waals surface area contributed by atoms with Crippen molar-refractivity contribution < 1.29 is 0 Å². The van der Waals surface area contributed by atoms with E-state index in [1.807, 2.05) is 18.2 Å². The molecule has 0 aliphatic heterocycles. The van der Waals surface area contributed by atoms with Gasteiger partial charge in [0, 0.05) is 0 Å². The van der Waals surface area contributed by atoms with Gasteiger partial charge >= 0.3 is 0 Å². The zero-order chi connectivity index (χ0) is 7.84. The molecule has 2 heterocycles. The predicted molar refractivity (Wildman–Crippen MR) is 47.9 cm³/mol. The first kappa shape index (κ1) is 7.13. The number of halogens is 2. The maximum atomic E-state index is 5.92. The fourth-order valence-corrected chi connectivity index (χ4v) is 1.44. The summed E-state index contributed by atoms with van der Waals surface area (Å²) >= 11 is 9.23. The Bertz CT molecular complexity index is 396. The Morgan fingerprint density at radius 1 is 1.36 bits per heavy atom. The molecule has 2 aromatic rings. The Labute approximate surface area is 76.9 Å². The summed E-state index contributed by atoms with van der Waals surface area (Å²) in [4.78, 5) is 0. The molecule has 2 aromatic heterocycles. The Kier molecular flexibility index (Phi) is 1.62. The number of rotatable bonds is 0. The quantitative estimate of drug-likeness (QED) is 0.637. The third-order valence-electron chi connectivity index (χ3n) is 1.46. The van der Waals surface area contributed by atoms with Gasteiger partial charge in [-0.3, -0.25) is 0 Å². The van der Waals surface area contributed by atoms with E-state index in [1.54, 1.807) is 10.7 Å². The van der Waals surface area contributed by atoms with Crippen molar-refractivity contribution in [3.05, 3.63) is 34.0 Å². The summed E-state index contributed by atoms with van der Waals surface area (Å²) in [6, 6.07) is 5.75. The summed E-state index contributed by atoms with van der Waals surface area (Å²) in [5.41, 5.74) is 0.998.